The zero-order chi connectivity index (χ0) is 15.9. The first-order chi connectivity index (χ1) is 10.5. The van der Waals surface area contributed by atoms with Gasteiger partial charge in [-0.15, -0.1) is 11.3 Å². The summed E-state index contributed by atoms with van der Waals surface area (Å²) in [5.41, 5.74) is 5.20. The van der Waals surface area contributed by atoms with Gasteiger partial charge in [-0.3, -0.25) is 15.0 Å². The molecule has 0 aliphatic heterocycles. The number of benzene rings is 1. The Hall–Kier alpha value is -1.57. The third-order valence-corrected chi connectivity index (χ3v) is 4.52. The van der Waals surface area contributed by atoms with Crippen molar-refractivity contribution >= 4 is 46.7 Å². The molecular weight excluding hydrogens is 342 g/mol. The van der Waals surface area contributed by atoms with Crippen molar-refractivity contribution in [2.45, 2.75) is 24.7 Å². The highest BCUT2D eigenvalue weighted by atomic mass is 35.5. The molecule has 8 heteroatoms. The smallest absolute Gasteiger partial charge is 0.248 e. The molecule has 22 heavy (non-hydrogen) atoms. The lowest BCUT2D eigenvalue weighted by molar-refractivity contribution is -0.133. The number of thiazole rings is 1. The number of aryl methyl sites for hydroxylation is 1. The lowest BCUT2D eigenvalue weighted by atomic mass is 10.2. The van der Waals surface area contributed by atoms with Gasteiger partial charge in [0.15, 0.2) is 0 Å². The number of amides is 2. The normalized spacial score (nSPS) is 10.3. The Morgan fingerprint density at radius 3 is 2.68 bits per heavy atom. The molecule has 0 radical (unpaired) electrons. The number of hydrogen-bond donors (Lipinski definition) is 1. The summed E-state index contributed by atoms with van der Waals surface area (Å²) in [6.07, 6.45) is 0.821. The molecule has 1 heterocycles. The predicted molar refractivity (Wildman–Crippen MR) is 88.4 cm³/mol. The minimum absolute atomic E-state index is 0.232. The quantitative estimate of drug-likeness (QED) is 0.660. The third kappa shape index (κ3) is 5.32. The van der Waals surface area contributed by atoms with E-state index in [0.29, 0.717) is 11.4 Å². The van der Waals surface area contributed by atoms with E-state index in [1.807, 2.05) is 5.38 Å². The SMILES string of the molecule is CC(=O)N(NC(=O)CCc1cscn1)Sc1ccc(Cl)cc1. The van der Waals surface area contributed by atoms with Crippen LogP contribution in [0.1, 0.15) is 19.0 Å². The summed E-state index contributed by atoms with van der Waals surface area (Å²) in [7, 11) is 0. The molecule has 1 aromatic carbocycles. The average Bonchev–Trinajstić information content (AvgIpc) is 3.00. The first-order valence-electron chi connectivity index (χ1n) is 6.45. The van der Waals surface area contributed by atoms with Crippen LogP contribution in [0, 0.1) is 0 Å². The van der Waals surface area contributed by atoms with Crippen LogP contribution in [0.4, 0.5) is 0 Å². The zero-order valence-electron chi connectivity index (χ0n) is 11.8. The van der Waals surface area contributed by atoms with E-state index < -0.39 is 0 Å². The summed E-state index contributed by atoms with van der Waals surface area (Å²) in [4.78, 5) is 28.5. The molecule has 0 atom stereocenters. The molecule has 5 nitrogen and oxygen atoms in total. The van der Waals surface area contributed by atoms with Crippen LogP contribution in [0.5, 0.6) is 0 Å². The molecule has 0 aliphatic rings. The second kappa shape index (κ2) is 8.17. The van der Waals surface area contributed by atoms with E-state index in [0.717, 1.165) is 22.5 Å². The molecular formula is C14H14ClN3O2S2. The minimum atomic E-state index is -0.262. The Bertz CT molecular complexity index is 632. The summed E-state index contributed by atoms with van der Waals surface area (Å²) in [5, 5.41) is 2.52. The number of halogens is 1. The molecule has 1 N–H and O–H groups in total. The number of rotatable bonds is 5. The van der Waals surface area contributed by atoms with Crippen LogP contribution < -0.4 is 5.43 Å². The van der Waals surface area contributed by atoms with E-state index >= 15 is 0 Å². The van der Waals surface area contributed by atoms with Crippen LogP contribution in [-0.2, 0) is 16.0 Å². The first kappa shape index (κ1) is 16.8. The largest absolute Gasteiger partial charge is 0.273 e. The van der Waals surface area contributed by atoms with Crippen molar-refractivity contribution in [1.29, 1.82) is 0 Å². The second-order valence-corrected chi connectivity index (χ2v) is 6.55. The lowest BCUT2D eigenvalue weighted by Crippen LogP contribution is -2.40. The number of hydrogen-bond acceptors (Lipinski definition) is 5. The monoisotopic (exact) mass is 355 g/mol. The maximum Gasteiger partial charge on any atom is 0.248 e. The summed E-state index contributed by atoms with van der Waals surface area (Å²) in [5.74, 6) is -0.494. The van der Waals surface area contributed by atoms with Crippen molar-refractivity contribution < 1.29 is 9.59 Å². The maximum absolute atomic E-state index is 11.9. The molecule has 0 saturated heterocycles. The summed E-state index contributed by atoms with van der Waals surface area (Å²) in [6, 6.07) is 7.02. The van der Waals surface area contributed by atoms with Gasteiger partial charge in [-0.1, -0.05) is 11.6 Å². The number of aromatic nitrogens is 1. The van der Waals surface area contributed by atoms with Crippen LogP contribution in [0.15, 0.2) is 40.1 Å². The van der Waals surface area contributed by atoms with Gasteiger partial charge in [0, 0.05) is 40.6 Å². The van der Waals surface area contributed by atoms with Crippen LogP contribution in [0.3, 0.4) is 0 Å². The average molecular weight is 356 g/mol. The fourth-order valence-electron chi connectivity index (χ4n) is 1.54. The van der Waals surface area contributed by atoms with E-state index in [-0.39, 0.29) is 18.2 Å². The van der Waals surface area contributed by atoms with Crippen molar-refractivity contribution in [3.63, 3.8) is 0 Å². The van der Waals surface area contributed by atoms with Gasteiger partial charge in [0.25, 0.3) is 0 Å². The Kier molecular flexibility index (Phi) is 6.23. The van der Waals surface area contributed by atoms with Crippen molar-refractivity contribution in [3.8, 4) is 0 Å². The molecule has 2 rings (SSSR count). The maximum atomic E-state index is 11.9. The van der Waals surface area contributed by atoms with Gasteiger partial charge in [0.1, 0.15) is 0 Å². The molecule has 0 bridgehead atoms. The number of nitrogens with zero attached hydrogens (tertiary/aromatic N) is 2. The number of carbonyl (C=O) groups excluding carboxylic acids is 2. The molecule has 2 aromatic rings. The molecule has 0 saturated carbocycles. The Labute approximate surface area is 141 Å². The standard InChI is InChI=1S/C14H14ClN3O2S2/c1-10(19)18(22-13-5-2-11(15)3-6-13)17-14(20)7-4-12-8-21-9-16-12/h2-3,5-6,8-9H,4,7H2,1H3,(H,17,20). The number of hydrazine groups is 1. The topological polar surface area (TPSA) is 62.3 Å². The summed E-state index contributed by atoms with van der Waals surface area (Å²) in [6.45, 7) is 1.39. The van der Waals surface area contributed by atoms with Crippen LogP contribution >= 0.6 is 34.9 Å². The first-order valence-corrected chi connectivity index (χ1v) is 8.55. The Morgan fingerprint density at radius 2 is 2.09 bits per heavy atom. The molecule has 116 valence electrons. The Balaban J connectivity index is 1.89. The molecule has 2 amide bonds. The fourth-order valence-corrected chi connectivity index (χ4v) is 3.00. The number of carbonyl (C=O) groups is 2. The Morgan fingerprint density at radius 1 is 1.36 bits per heavy atom. The van der Waals surface area contributed by atoms with Crippen molar-refractivity contribution in [3.05, 3.63) is 45.9 Å². The van der Waals surface area contributed by atoms with Gasteiger partial charge in [0.2, 0.25) is 11.8 Å². The van der Waals surface area contributed by atoms with Crippen molar-refractivity contribution in [2.24, 2.45) is 0 Å². The highest BCUT2D eigenvalue weighted by molar-refractivity contribution is 7.97. The number of nitrogens with one attached hydrogen (secondary N) is 1. The van der Waals surface area contributed by atoms with Gasteiger partial charge in [-0.25, -0.2) is 4.98 Å². The highest BCUT2D eigenvalue weighted by Crippen LogP contribution is 2.23. The second-order valence-electron chi connectivity index (χ2n) is 4.37. The van der Waals surface area contributed by atoms with E-state index in [2.05, 4.69) is 10.4 Å². The van der Waals surface area contributed by atoms with Gasteiger partial charge in [-0.05, 0) is 30.7 Å². The zero-order valence-corrected chi connectivity index (χ0v) is 14.2. The van der Waals surface area contributed by atoms with Gasteiger partial charge in [0.05, 0.1) is 11.2 Å². The fraction of sp³-hybridized carbons (Fsp3) is 0.214. The molecule has 1 aromatic heterocycles. The van der Waals surface area contributed by atoms with Gasteiger partial charge < -0.3 is 0 Å². The van der Waals surface area contributed by atoms with Crippen molar-refractivity contribution in [2.75, 3.05) is 0 Å². The van der Waals surface area contributed by atoms with Gasteiger partial charge >= 0.3 is 0 Å². The summed E-state index contributed by atoms with van der Waals surface area (Å²) >= 11 is 8.45. The predicted octanol–water partition coefficient (Wildman–Crippen LogP) is 3.32. The molecule has 0 unspecified atom stereocenters. The summed E-state index contributed by atoms with van der Waals surface area (Å²) < 4.78 is 1.21. The lowest BCUT2D eigenvalue weighted by Gasteiger charge is -2.20. The van der Waals surface area contributed by atoms with E-state index in [4.69, 9.17) is 11.6 Å². The van der Waals surface area contributed by atoms with Crippen LogP contribution in [-0.4, -0.2) is 21.2 Å². The highest BCUT2D eigenvalue weighted by Gasteiger charge is 2.14. The van der Waals surface area contributed by atoms with Crippen molar-refractivity contribution in [1.82, 2.24) is 14.8 Å². The minimum Gasteiger partial charge on any atom is -0.273 e. The third-order valence-electron chi connectivity index (χ3n) is 2.61. The molecule has 0 aliphatic carbocycles. The van der Waals surface area contributed by atoms with Gasteiger partial charge in [-0.2, -0.15) is 4.41 Å². The molecule has 0 spiro atoms. The van der Waals surface area contributed by atoms with E-state index in [9.17, 15) is 9.59 Å². The molecule has 0 fully saturated rings. The van der Waals surface area contributed by atoms with Crippen LogP contribution in [0.2, 0.25) is 5.02 Å². The van der Waals surface area contributed by atoms with Crippen LogP contribution in [0.25, 0.3) is 0 Å². The van der Waals surface area contributed by atoms with E-state index in [1.54, 1.807) is 29.8 Å². The van der Waals surface area contributed by atoms with E-state index in [1.165, 1.54) is 22.7 Å².